The molecule has 1 aliphatic rings. The van der Waals surface area contributed by atoms with E-state index < -0.39 is 24.2 Å². The van der Waals surface area contributed by atoms with Crippen LogP contribution >= 0.6 is 0 Å². The SMILES string of the molecule is O=C(O)C1(NCc2cnn(CC(F)(F)F)c2)CCC(c2ccccc2)CC1. The number of hydrogen-bond donors (Lipinski definition) is 2. The van der Waals surface area contributed by atoms with Crippen molar-refractivity contribution in [1.82, 2.24) is 15.1 Å². The van der Waals surface area contributed by atoms with Crippen LogP contribution in [-0.4, -0.2) is 32.6 Å². The second-order valence-corrected chi connectivity index (χ2v) is 7.09. The molecule has 1 saturated carbocycles. The Kier molecular flexibility index (Phi) is 5.55. The van der Waals surface area contributed by atoms with E-state index in [1.165, 1.54) is 18.0 Å². The highest BCUT2D eigenvalue weighted by Crippen LogP contribution is 2.38. The summed E-state index contributed by atoms with van der Waals surface area (Å²) in [4.78, 5) is 11.9. The normalized spacial score (nSPS) is 23.3. The first-order valence-electron chi connectivity index (χ1n) is 8.89. The zero-order chi connectivity index (χ0) is 19.5. The minimum absolute atomic E-state index is 0.167. The molecule has 27 heavy (non-hydrogen) atoms. The van der Waals surface area contributed by atoms with Crippen LogP contribution in [0.4, 0.5) is 13.2 Å². The third-order valence-corrected chi connectivity index (χ3v) is 5.18. The Bertz CT molecular complexity index is 766. The predicted molar refractivity (Wildman–Crippen MR) is 93.1 cm³/mol. The van der Waals surface area contributed by atoms with Crippen LogP contribution in [0.5, 0.6) is 0 Å². The molecule has 1 aromatic heterocycles. The number of aliphatic carboxylic acids is 1. The van der Waals surface area contributed by atoms with Gasteiger partial charge >= 0.3 is 12.1 Å². The second-order valence-electron chi connectivity index (χ2n) is 7.09. The molecule has 1 heterocycles. The van der Waals surface area contributed by atoms with Gasteiger partial charge in [0.05, 0.1) is 6.20 Å². The van der Waals surface area contributed by atoms with Crippen molar-refractivity contribution in [2.75, 3.05) is 0 Å². The average molecular weight is 381 g/mol. The van der Waals surface area contributed by atoms with Crippen LogP contribution in [0, 0.1) is 0 Å². The first-order valence-corrected chi connectivity index (χ1v) is 8.89. The van der Waals surface area contributed by atoms with Gasteiger partial charge in [0.25, 0.3) is 0 Å². The number of carbonyl (C=O) groups is 1. The molecule has 1 fully saturated rings. The summed E-state index contributed by atoms with van der Waals surface area (Å²) < 4.78 is 38.1. The van der Waals surface area contributed by atoms with Crippen molar-refractivity contribution < 1.29 is 23.1 Å². The molecule has 2 N–H and O–H groups in total. The molecule has 1 aliphatic carbocycles. The van der Waals surface area contributed by atoms with Gasteiger partial charge in [-0.3, -0.25) is 14.8 Å². The largest absolute Gasteiger partial charge is 0.480 e. The van der Waals surface area contributed by atoms with Crippen LogP contribution in [-0.2, 0) is 17.9 Å². The Balaban J connectivity index is 1.61. The van der Waals surface area contributed by atoms with Crippen LogP contribution in [0.3, 0.4) is 0 Å². The quantitative estimate of drug-likeness (QED) is 0.800. The molecule has 0 aliphatic heterocycles. The zero-order valence-corrected chi connectivity index (χ0v) is 14.7. The van der Waals surface area contributed by atoms with Crippen molar-refractivity contribution in [2.24, 2.45) is 0 Å². The molecule has 0 spiro atoms. The summed E-state index contributed by atoms with van der Waals surface area (Å²) in [5, 5.41) is 16.5. The van der Waals surface area contributed by atoms with Gasteiger partial charge in [0, 0.05) is 18.3 Å². The molecule has 5 nitrogen and oxygen atoms in total. The maximum Gasteiger partial charge on any atom is 0.408 e. The number of nitrogens with one attached hydrogen (secondary N) is 1. The summed E-state index contributed by atoms with van der Waals surface area (Å²) in [6.07, 6.45) is 0.731. The Morgan fingerprint density at radius 3 is 2.52 bits per heavy atom. The van der Waals surface area contributed by atoms with Crippen molar-refractivity contribution in [2.45, 2.75) is 56.4 Å². The van der Waals surface area contributed by atoms with E-state index in [1.807, 2.05) is 18.2 Å². The highest BCUT2D eigenvalue weighted by atomic mass is 19.4. The highest BCUT2D eigenvalue weighted by Gasteiger charge is 2.41. The lowest BCUT2D eigenvalue weighted by Gasteiger charge is -2.37. The van der Waals surface area contributed by atoms with Crippen LogP contribution in [0.15, 0.2) is 42.7 Å². The summed E-state index contributed by atoms with van der Waals surface area (Å²) in [6.45, 7) is -0.990. The maximum absolute atomic E-state index is 12.4. The molecule has 0 atom stereocenters. The number of hydrogen-bond acceptors (Lipinski definition) is 3. The van der Waals surface area contributed by atoms with E-state index >= 15 is 0 Å². The number of nitrogens with zero attached hydrogens (tertiary/aromatic N) is 2. The predicted octanol–water partition coefficient (Wildman–Crippen LogP) is 3.72. The van der Waals surface area contributed by atoms with Gasteiger partial charge in [-0.15, -0.1) is 0 Å². The second kappa shape index (κ2) is 7.72. The van der Waals surface area contributed by atoms with Gasteiger partial charge in [-0.05, 0) is 37.2 Å². The minimum atomic E-state index is -4.34. The summed E-state index contributed by atoms with van der Waals surface area (Å²) >= 11 is 0. The molecule has 3 rings (SSSR count). The lowest BCUT2D eigenvalue weighted by Crippen LogP contribution is -2.53. The number of carboxylic acid groups (broad SMARTS) is 1. The highest BCUT2D eigenvalue weighted by molar-refractivity contribution is 5.79. The number of alkyl halides is 3. The molecule has 0 bridgehead atoms. The number of rotatable bonds is 6. The monoisotopic (exact) mass is 381 g/mol. The number of benzene rings is 1. The Hall–Kier alpha value is -2.35. The van der Waals surface area contributed by atoms with Gasteiger partial charge in [-0.25, -0.2) is 0 Å². The fourth-order valence-electron chi connectivity index (χ4n) is 3.67. The van der Waals surface area contributed by atoms with Crippen molar-refractivity contribution in [3.63, 3.8) is 0 Å². The molecule has 8 heteroatoms. The van der Waals surface area contributed by atoms with Crippen molar-refractivity contribution in [3.8, 4) is 0 Å². The van der Waals surface area contributed by atoms with Gasteiger partial charge in [0.1, 0.15) is 12.1 Å². The maximum atomic E-state index is 12.4. The fourth-order valence-corrected chi connectivity index (χ4v) is 3.67. The van der Waals surface area contributed by atoms with Crippen LogP contribution in [0.25, 0.3) is 0 Å². The molecule has 0 amide bonds. The molecule has 2 aromatic rings. The van der Waals surface area contributed by atoms with Gasteiger partial charge < -0.3 is 5.11 Å². The summed E-state index contributed by atoms with van der Waals surface area (Å²) in [7, 11) is 0. The first-order chi connectivity index (χ1) is 12.8. The molecule has 1 aromatic carbocycles. The van der Waals surface area contributed by atoms with Gasteiger partial charge in [-0.2, -0.15) is 18.3 Å². The van der Waals surface area contributed by atoms with E-state index in [1.54, 1.807) is 0 Å². The van der Waals surface area contributed by atoms with Crippen LogP contribution in [0.2, 0.25) is 0 Å². The van der Waals surface area contributed by atoms with E-state index in [2.05, 4.69) is 22.5 Å². The number of carboxylic acids is 1. The fraction of sp³-hybridized carbons (Fsp3) is 0.474. The van der Waals surface area contributed by atoms with Crippen LogP contribution in [0.1, 0.15) is 42.7 Å². The minimum Gasteiger partial charge on any atom is -0.480 e. The summed E-state index contributed by atoms with van der Waals surface area (Å²) in [5.74, 6) is -0.591. The van der Waals surface area contributed by atoms with E-state index in [9.17, 15) is 23.1 Å². The third-order valence-electron chi connectivity index (χ3n) is 5.18. The Morgan fingerprint density at radius 1 is 1.26 bits per heavy atom. The lowest BCUT2D eigenvalue weighted by atomic mass is 9.74. The van der Waals surface area contributed by atoms with Gasteiger partial charge in [-0.1, -0.05) is 30.3 Å². The van der Waals surface area contributed by atoms with Crippen molar-refractivity contribution in [3.05, 3.63) is 53.9 Å². The summed E-state index contributed by atoms with van der Waals surface area (Å²) in [5.41, 5.74) is 0.687. The lowest BCUT2D eigenvalue weighted by molar-refractivity contribution is -0.146. The molecule has 0 radical (unpaired) electrons. The molecular formula is C19H22F3N3O2. The Labute approximate surface area is 155 Å². The Morgan fingerprint density at radius 2 is 1.93 bits per heavy atom. The first kappa shape index (κ1) is 19.4. The van der Waals surface area contributed by atoms with Crippen molar-refractivity contribution >= 4 is 5.97 Å². The summed E-state index contributed by atoms with van der Waals surface area (Å²) in [6, 6.07) is 10.0. The molecule has 0 saturated heterocycles. The molecular weight excluding hydrogens is 359 g/mol. The van der Waals surface area contributed by atoms with Gasteiger partial charge in [0.15, 0.2) is 0 Å². The standard InChI is InChI=1S/C19H22F3N3O2/c20-19(21,22)13-25-12-14(11-24-25)10-23-18(17(26)27)8-6-16(7-9-18)15-4-2-1-3-5-15/h1-5,11-12,16,23H,6-10,13H2,(H,26,27). The van der Waals surface area contributed by atoms with Crippen molar-refractivity contribution in [1.29, 1.82) is 0 Å². The third kappa shape index (κ3) is 4.88. The van der Waals surface area contributed by atoms with Gasteiger partial charge in [0.2, 0.25) is 0 Å². The van der Waals surface area contributed by atoms with E-state index in [4.69, 9.17) is 0 Å². The smallest absolute Gasteiger partial charge is 0.408 e. The van der Waals surface area contributed by atoms with Crippen LogP contribution < -0.4 is 5.32 Å². The molecule has 0 unspecified atom stereocenters. The topological polar surface area (TPSA) is 67.2 Å². The molecule has 146 valence electrons. The van der Waals surface area contributed by atoms with E-state index in [0.717, 1.165) is 17.5 Å². The number of aromatic nitrogens is 2. The average Bonchev–Trinajstić information content (AvgIpc) is 3.06. The number of halogens is 3. The zero-order valence-electron chi connectivity index (χ0n) is 14.7. The van der Waals surface area contributed by atoms with E-state index in [0.29, 0.717) is 24.3 Å². The van der Waals surface area contributed by atoms with E-state index in [-0.39, 0.29) is 6.54 Å².